The van der Waals surface area contributed by atoms with E-state index in [0.29, 0.717) is 12.8 Å². The molecule has 0 atom stereocenters. The quantitative estimate of drug-likeness (QED) is 0.267. The van der Waals surface area contributed by atoms with Gasteiger partial charge in [-0.1, -0.05) is 39.5 Å². The smallest absolute Gasteiger partial charge is 0.327 e. The number of hydrogen-bond acceptors (Lipinski definition) is 5. The van der Waals surface area contributed by atoms with Crippen LogP contribution in [0.25, 0.3) is 0 Å². The summed E-state index contributed by atoms with van der Waals surface area (Å²) in [6, 6.07) is 0. The summed E-state index contributed by atoms with van der Waals surface area (Å²) >= 11 is 0. The van der Waals surface area contributed by atoms with Crippen molar-refractivity contribution in [3.63, 3.8) is 0 Å². The normalized spacial score (nSPS) is 12.4. The molecule has 130 valence electrons. The Hall–Kier alpha value is -0.590. The second-order valence-electron chi connectivity index (χ2n) is 5.37. The van der Waals surface area contributed by atoms with E-state index in [2.05, 4.69) is 4.52 Å². The Kier molecular flexibility index (Phi) is 9.96. The average molecular weight is 337 g/mol. The van der Waals surface area contributed by atoms with Crippen molar-refractivity contribution in [3.8, 4) is 0 Å². The highest BCUT2D eigenvalue weighted by atomic mass is 31.2. The van der Waals surface area contributed by atoms with Gasteiger partial charge in [0.15, 0.2) is 11.6 Å². The molecule has 0 saturated carbocycles. The molecule has 0 aromatic carbocycles. The highest BCUT2D eigenvalue weighted by Crippen LogP contribution is 2.42. The minimum atomic E-state index is -5.01. The van der Waals surface area contributed by atoms with Crippen molar-refractivity contribution in [1.29, 1.82) is 0 Å². The van der Waals surface area contributed by atoms with Crippen molar-refractivity contribution in [1.82, 2.24) is 0 Å². The molecule has 0 bridgehead atoms. The van der Waals surface area contributed by atoms with Crippen LogP contribution in [0.15, 0.2) is 0 Å². The molecule has 0 unspecified atom stereocenters. The summed E-state index contributed by atoms with van der Waals surface area (Å²) in [7, 11) is -5.01. The first kappa shape index (κ1) is 21.4. The second-order valence-corrected chi connectivity index (χ2v) is 6.54. The molecule has 0 spiro atoms. The lowest BCUT2D eigenvalue weighted by Crippen LogP contribution is -2.54. The van der Waals surface area contributed by atoms with Crippen molar-refractivity contribution in [2.45, 2.75) is 70.8 Å². The number of unbranched alkanes of at least 4 members (excludes halogenated alkanes) is 4. The Labute approximate surface area is 131 Å². The van der Waals surface area contributed by atoms with Gasteiger partial charge in [-0.3, -0.25) is 14.1 Å². The summed E-state index contributed by atoms with van der Waals surface area (Å²) < 4.78 is 15.8. The SMILES string of the molecule is CCCCCC(=O)C(CN)(OP(=O)(O)O)C(=O)CCCCC. The van der Waals surface area contributed by atoms with Gasteiger partial charge in [0.1, 0.15) is 0 Å². The maximum atomic E-state index is 12.4. The van der Waals surface area contributed by atoms with Crippen LogP contribution in [0.2, 0.25) is 0 Å². The van der Waals surface area contributed by atoms with Crippen LogP contribution in [0.1, 0.15) is 65.2 Å². The molecule has 4 N–H and O–H groups in total. The molecular weight excluding hydrogens is 309 g/mol. The highest BCUT2D eigenvalue weighted by molar-refractivity contribution is 7.46. The van der Waals surface area contributed by atoms with Gasteiger partial charge < -0.3 is 15.5 Å². The van der Waals surface area contributed by atoms with Crippen molar-refractivity contribution in [2.75, 3.05) is 6.54 Å². The Morgan fingerprint density at radius 1 is 1.00 bits per heavy atom. The molecule has 0 amide bonds. The lowest BCUT2D eigenvalue weighted by Gasteiger charge is -2.29. The predicted octanol–water partition coefficient (Wildman–Crippen LogP) is 2.09. The molecule has 7 nitrogen and oxygen atoms in total. The minimum Gasteiger partial charge on any atom is -0.327 e. The van der Waals surface area contributed by atoms with Gasteiger partial charge in [0.25, 0.3) is 0 Å². The van der Waals surface area contributed by atoms with Crippen LogP contribution >= 0.6 is 7.82 Å². The van der Waals surface area contributed by atoms with Crippen LogP contribution in [0, 0.1) is 0 Å². The Bertz CT molecular complexity index is 384. The molecule has 0 aromatic heterocycles. The summed E-state index contributed by atoms with van der Waals surface area (Å²) in [4.78, 5) is 42.8. The fraction of sp³-hybridized carbons (Fsp3) is 0.857. The lowest BCUT2D eigenvalue weighted by molar-refractivity contribution is -0.148. The summed E-state index contributed by atoms with van der Waals surface area (Å²) in [5.41, 5.74) is 3.29. The largest absolute Gasteiger partial charge is 0.471 e. The first-order valence-corrected chi connectivity index (χ1v) is 9.29. The van der Waals surface area contributed by atoms with Crippen LogP contribution in [-0.2, 0) is 18.7 Å². The predicted molar refractivity (Wildman–Crippen MR) is 83.2 cm³/mol. The third-order valence-corrected chi connectivity index (χ3v) is 4.03. The summed E-state index contributed by atoms with van der Waals surface area (Å²) in [6.45, 7) is 3.36. The molecule has 0 saturated heterocycles. The molecule has 0 aliphatic rings. The monoisotopic (exact) mass is 337 g/mol. The van der Waals surface area contributed by atoms with Gasteiger partial charge in [-0.15, -0.1) is 0 Å². The first-order chi connectivity index (χ1) is 10.2. The molecule has 8 heteroatoms. The van der Waals surface area contributed by atoms with Crippen LogP contribution in [0.5, 0.6) is 0 Å². The number of ketones is 2. The molecule has 0 fully saturated rings. The van der Waals surface area contributed by atoms with Crippen LogP contribution in [-0.4, -0.2) is 33.5 Å². The zero-order valence-corrected chi connectivity index (χ0v) is 14.3. The van der Waals surface area contributed by atoms with E-state index >= 15 is 0 Å². The first-order valence-electron chi connectivity index (χ1n) is 7.76. The lowest BCUT2D eigenvalue weighted by atomic mass is 9.87. The van der Waals surface area contributed by atoms with Gasteiger partial charge >= 0.3 is 7.82 Å². The van der Waals surface area contributed by atoms with E-state index in [4.69, 9.17) is 15.5 Å². The number of phosphoric ester groups is 1. The Morgan fingerprint density at radius 2 is 1.41 bits per heavy atom. The fourth-order valence-electron chi connectivity index (χ4n) is 2.20. The maximum Gasteiger partial charge on any atom is 0.471 e. The number of rotatable bonds is 13. The molecular formula is C14H28NO6P. The Morgan fingerprint density at radius 3 is 1.68 bits per heavy atom. The number of carbonyl (C=O) groups is 2. The van der Waals surface area contributed by atoms with E-state index in [0.717, 1.165) is 25.7 Å². The van der Waals surface area contributed by atoms with E-state index in [9.17, 15) is 14.2 Å². The third kappa shape index (κ3) is 7.11. The summed E-state index contributed by atoms with van der Waals surface area (Å²) in [6.07, 6.45) is 4.43. The number of hydrogen-bond donors (Lipinski definition) is 3. The van der Waals surface area contributed by atoms with E-state index in [1.807, 2.05) is 13.8 Å². The number of carbonyl (C=O) groups excluding carboxylic acids is 2. The van der Waals surface area contributed by atoms with Crippen molar-refractivity contribution >= 4 is 19.4 Å². The molecule has 0 aliphatic carbocycles. The maximum absolute atomic E-state index is 12.4. The highest BCUT2D eigenvalue weighted by Gasteiger charge is 2.48. The second kappa shape index (κ2) is 10.2. The Balaban J connectivity index is 5.20. The van der Waals surface area contributed by atoms with Crippen molar-refractivity contribution in [2.24, 2.45) is 5.73 Å². The number of phosphoric acid groups is 1. The van der Waals surface area contributed by atoms with Gasteiger partial charge in [-0.25, -0.2) is 4.57 Å². The fourth-order valence-corrected chi connectivity index (χ4v) is 2.88. The molecule has 0 heterocycles. The van der Waals surface area contributed by atoms with E-state index in [1.165, 1.54) is 0 Å². The molecule has 0 aliphatic heterocycles. The number of nitrogens with two attached hydrogens (primary N) is 1. The summed E-state index contributed by atoms with van der Waals surface area (Å²) in [5.74, 6) is -1.29. The molecule has 22 heavy (non-hydrogen) atoms. The summed E-state index contributed by atoms with van der Waals surface area (Å²) in [5, 5.41) is 0. The minimum absolute atomic E-state index is 0.0184. The van der Waals surface area contributed by atoms with Gasteiger partial charge in [0.2, 0.25) is 5.60 Å². The van der Waals surface area contributed by atoms with Gasteiger partial charge in [0.05, 0.1) is 0 Å². The zero-order chi connectivity index (χ0) is 17.2. The topological polar surface area (TPSA) is 127 Å². The van der Waals surface area contributed by atoms with Crippen molar-refractivity contribution in [3.05, 3.63) is 0 Å². The average Bonchev–Trinajstić information content (AvgIpc) is 2.44. The van der Waals surface area contributed by atoms with Crippen LogP contribution in [0.3, 0.4) is 0 Å². The van der Waals surface area contributed by atoms with Crippen molar-refractivity contribution < 1.29 is 28.5 Å². The van der Waals surface area contributed by atoms with Gasteiger partial charge in [0, 0.05) is 19.4 Å². The van der Waals surface area contributed by atoms with Gasteiger partial charge in [-0.2, -0.15) is 0 Å². The van der Waals surface area contributed by atoms with Gasteiger partial charge in [-0.05, 0) is 12.8 Å². The molecule has 0 radical (unpaired) electrons. The van der Waals surface area contributed by atoms with E-state index in [-0.39, 0.29) is 12.8 Å². The molecule has 0 rings (SSSR count). The molecule has 0 aromatic rings. The van der Waals surface area contributed by atoms with E-state index < -0.39 is 31.5 Å². The van der Waals surface area contributed by atoms with E-state index in [1.54, 1.807) is 0 Å². The number of Topliss-reactive ketones (excluding diaryl/α,β-unsaturated/α-hetero) is 2. The van der Waals surface area contributed by atoms with Crippen LogP contribution in [0.4, 0.5) is 0 Å². The third-order valence-electron chi connectivity index (χ3n) is 3.48. The standard InChI is InChI=1S/C14H28NO6P/c1-3-5-7-9-12(16)14(11-15,21-22(18,19)20)13(17)10-8-6-4-2/h3-11,15H2,1-2H3,(H2,18,19,20). The zero-order valence-electron chi connectivity index (χ0n) is 13.4. The van der Waals surface area contributed by atoms with Crippen LogP contribution < -0.4 is 5.73 Å².